The molecule has 2 heterocycles. The Morgan fingerprint density at radius 3 is 2.41 bits per heavy atom. The zero-order valence-corrected chi connectivity index (χ0v) is 16.7. The van der Waals surface area contributed by atoms with Gasteiger partial charge in [-0.05, 0) is 57.0 Å². The molecule has 2 fully saturated rings. The Bertz CT molecular complexity index is 842. The number of rotatable bonds is 5. The third-order valence-electron chi connectivity index (χ3n) is 5.44. The quantitative estimate of drug-likeness (QED) is 0.738. The van der Waals surface area contributed by atoms with E-state index in [1.165, 1.54) is 12.1 Å². The monoisotopic (exact) mass is 428 g/mol. The summed E-state index contributed by atoms with van der Waals surface area (Å²) in [5, 5.41) is 3.26. The average molecular weight is 429 g/mol. The van der Waals surface area contributed by atoms with Gasteiger partial charge in [-0.25, -0.2) is 0 Å². The van der Waals surface area contributed by atoms with Crippen LogP contribution in [-0.2, 0) is 17.5 Å². The number of furan rings is 1. The first-order valence-electron chi connectivity index (χ1n) is 9.70. The summed E-state index contributed by atoms with van der Waals surface area (Å²) < 4.78 is 45.6. The lowest BCUT2D eigenvalue weighted by molar-refractivity contribution is -0.138. The van der Waals surface area contributed by atoms with Crippen molar-refractivity contribution in [3.8, 4) is 11.3 Å². The van der Waals surface area contributed by atoms with Crippen LogP contribution in [0.1, 0.15) is 37.0 Å². The summed E-state index contributed by atoms with van der Waals surface area (Å²) in [5.41, 5.74) is -0.704. The molecule has 1 aromatic carbocycles. The molecule has 8 heteroatoms. The normalized spacial score (nSPS) is 17.6. The summed E-state index contributed by atoms with van der Waals surface area (Å²) >= 11 is 0. The molecule has 29 heavy (non-hydrogen) atoms. The van der Waals surface area contributed by atoms with Gasteiger partial charge in [0.15, 0.2) is 0 Å². The Hall–Kier alpha value is -1.99. The summed E-state index contributed by atoms with van der Waals surface area (Å²) in [5.74, 6) is 0.842. The van der Waals surface area contributed by atoms with E-state index in [9.17, 15) is 18.0 Å². The van der Waals surface area contributed by atoms with Crippen molar-refractivity contribution < 1.29 is 22.4 Å². The van der Waals surface area contributed by atoms with E-state index in [1.807, 2.05) is 4.90 Å². The second-order valence-corrected chi connectivity index (χ2v) is 7.53. The van der Waals surface area contributed by atoms with Gasteiger partial charge in [-0.15, -0.1) is 12.4 Å². The second kappa shape index (κ2) is 8.79. The number of hydrogen-bond acceptors (Lipinski definition) is 3. The number of amides is 1. The molecule has 2 aromatic rings. The lowest BCUT2D eigenvalue weighted by atomic mass is 9.96. The maximum atomic E-state index is 13.3. The molecule has 0 spiro atoms. The fourth-order valence-corrected chi connectivity index (χ4v) is 3.80. The van der Waals surface area contributed by atoms with E-state index in [-0.39, 0.29) is 41.6 Å². The van der Waals surface area contributed by atoms with E-state index in [0.29, 0.717) is 12.3 Å². The van der Waals surface area contributed by atoms with Crippen molar-refractivity contribution in [3.05, 3.63) is 47.7 Å². The van der Waals surface area contributed by atoms with Gasteiger partial charge in [-0.3, -0.25) is 4.79 Å². The number of nitrogens with zero attached hydrogens (tertiary/aromatic N) is 1. The average Bonchev–Trinajstić information content (AvgIpc) is 3.43. The van der Waals surface area contributed by atoms with Crippen molar-refractivity contribution in [2.45, 2.75) is 44.4 Å². The van der Waals surface area contributed by atoms with Crippen molar-refractivity contribution in [1.82, 2.24) is 10.2 Å². The van der Waals surface area contributed by atoms with E-state index in [0.717, 1.165) is 44.8 Å². The van der Waals surface area contributed by atoms with Crippen LogP contribution in [-0.4, -0.2) is 29.9 Å². The van der Waals surface area contributed by atoms with Gasteiger partial charge in [0.25, 0.3) is 0 Å². The van der Waals surface area contributed by atoms with Crippen LogP contribution in [0.3, 0.4) is 0 Å². The van der Waals surface area contributed by atoms with E-state index in [1.54, 1.807) is 18.2 Å². The summed E-state index contributed by atoms with van der Waals surface area (Å²) in [6.07, 6.45) is -0.855. The molecular formula is C21H24ClF3N2O2. The van der Waals surface area contributed by atoms with E-state index in [4.69, 9.17) is 4.42 Å². The zero-order chi connectivity index (χ0) is 19.7. The molecule has 0 atom stereocenters. The largest absolute Gasteiger partial charge is 0.459 e. The molecule has 4 nitrogen and oxygen atoms in total. The van der Waals surface area contributed by atoms with Crippen molar-refractivity contribution in [2.75, 3.05) is 13.1 Å². The number of carbonyl (C=O) groups excluding carboxylic acids is 1. The standard InChI is InChI=1S/C21H23F3N2O2.ClH/c22-21(23,24)18-4-2-1-3-17(18)19-8-7-16(28-19)13-26(15-5-6-15)20(27)14-9-11-25-12-10-14;/h1-4,7-8,14-15,25H,5-6,9-13H2;1H. The Morgan fingerprint density at radius 1 is 1.07 bits per heavy atom. The molecule has 0 radical (unpaired) electrons. The van der Waals surface area contributed by atoms with Gasteiger partial charge < -0.3 is 14.6 Å². The molecule has 1 saturated heterocycles. The van der Waals surface area contributed by atoms with Crippen LogP contribution in [0.4, 0.5) is 13.2 Å². The summed E-state index contributed by atoms with van der Waals surface area (Å²) in [6, 6.07) is 8.83. The van der Waals surface area contributed by atoms with E-state index < -0.39 is 11.7 Å². The predicted molar refractivity (Wildman–Crippen MR) is 106 cm³/mol. The molecule has 4 rings (SSSR count). The minimum absolute atomic E-state index is 0. The highest BCUT2D eigenvalue weighted by atomic mass is 35.5. The van der Waals surface area contributed by atoms with Crippen LogP contribution in [0.15, 0.2) is 40.8 Å². The molecule has 2 aliphatic rings. The van der Waals surface area contributed by atoms with Gasteiger partial charge >= 0.3 is 6.18 Å². The van der Waals surface area contributed by atoms with Gasteiger partial charge in [-0.1, -0.05) is 18.2 Å². The van der Waals surface area contributed by atoms with E-state index >= 15 is 0 Å². The highest BCUT2D eigenvalue weighted by molar-refractivity contribution is 5.85. The van der Waals surface area contributed by atoms with Crippen molar-refractivity contribution in [1.29, 1.82) is 0 Å². The Labute approximate surface area is 173 Å². The summed E-state index contributed by atoms with van der Waals surface area (Å²) in [7, 11) is 0. The van der Waals surface area contributed by atoms with Crippen molar-refractivity contribution in [2.24, 2.45) is 5.92 Å². The minimum Gasteiger partial charge on any atom is -0.459 e. The second-order valence-electron chi connectivity index (χ2n) is 7.53. The molecule has 1 aliphatic heterocycles. The van der Waals surface area contributed by atoms with Crippen LogP contribution in [0.2, 0.25) is 0 Å². The van der Waals surface area contributed by atoms with Crippen molar-refractivity contribution in [3.63, 3.8) is 0 Å². The number of piperidine rings is 1. The molecule has 0 unspecified atom stereocenters. The Balaban J connectivity index is 0.00000240. The van der Waals surface area contributed by atoms with Crippen LogP contribution in [0.25, 0.3) is 11.3 Å². The zero-order valence-electron chi connectivity index (χ0n) is 15.9. The molecule has 1 aliphatic carbocycles. The third-order valence-corrected chi connectivity index (χ3v) is 5.44. The van der Waals surface area contributed by atoms with Gasteiger partial charge in [0, 0.05) is 17.5 Å². The summed E-state index contributed by atoms with van der Waals surface area (Å²) in [4.78, 5) is 14.8. The highest BCUT2D eigenvalue weighted by Crippen LogP contribution is 2.38. The van der Waals surface area contributed by atoms with Gasteiger partial charge in [-0.2, -0.15) is 13.2 Å². The Kier molecular flexibility index (Phi) is 6.58. The minimum atomic E-state index is -4.45. The SMILES string of the molecule is Cl.O=C(C1CCNCC1)N(Cc1ccc(-c2ccccc2C(F)(F)F)o1)C1CC1. The van der Waals surface area contributed by atoms with Crippen LogP contribution >= 0.6 is 12.4 Å². The maximum absolute atomic E-state index is 13.3. The number of nitrogens with one attached hydrogen (secondary N) is 1. The first kappa shape index (κ1) is 21.7. The molecular weight excluding hydrogens is 405 g/mol. The topological polar surface area (TPSA) is 45.5 Å². The maximum Gasteiger partial charge on any atom is 0.417 e. The van der Waals surface area contributed by atoms with Crippen LogP contribution in [0, 0.1) is 5.92 Å². The molecule has 1 aromatic heterocycles. The van der Waals surface area contributed by atoms with E-state index in [2.05, 4.69) is 5.32 Å². The fraction of sp³-hybridized carbons (Fsp3) is 0.476. The lowest BCUT2D eigenvalue weighted by Gasteiger charge is -2.29. The first-order valence-corrected chi connectivity index (χ1v) is 9.70. The molecule has 1 saturated carbocycles. The molecule has 158 valence electrons. The summed E-state index contributed by atoms with van der Waals surface area (Å²) in [6.45, 7) is 1.99. The molecule has 1 amide bonds. The van der Waals surface area contributed by atoms with Crippen LogP contribution in [0.5, 0.6) is 0 Å². The molecule has 0 bridgehead atoms. The van der Waals surface area contributed by atoms with Gasteiger partial charge in [0.1, 0.15) is 11.5 Å². The van der Waals surface area contributed by atoms with Crippen molar-refractivity contribution >= 4 is 18.3 Å². The number of carbonyl (C=O) groups is 1. The van der Waals surface area contributed by atoms with Gasteiger partial charge in [0.2, 0.25) is 5.91 Å². The predicted octanol–water partition coefficient (Wildman–Crippen LogP) is 4.88. The number of hydrogen-bond donors (Lipinski definition) is 1. The smallest absolute Gasteiger partial charge is 0.417 e. The number of benzene rings is 1. The highest BCUT2D eigenvalue weighted by Gasteiger charge is 2.37. The number of halogens is 4. The third kappa shape index (κ3) is 4.95. The first-order chi connectivity index (χ1) is 13.4. The fourth-order valence-electron chi connectivity index (χ4n) is 3.80. The number of alkyl halides is 3. The van der Waals surface area contributed by atoms with Gasteiger partial charge in [0.05, 0.1) is 12.1 Å². The lowest BCUT2D eigenvalue weighted by Crippen LogP contribution is -2.41. The van der Waals surface area contributed by atoms with Crippen LogP contribution < -0.4 is 5.32 Å². The Morgan fingerprint density at radius 2 is 1.76 bits per heavy atom. The molecule has 1 N–H and O–H groups in total.